The third kappa shape index (κ3) is 5.99. The van der Waals surface area contributed by atoms with Crippen molar-refractivity contribution in [3.63, 3.8) is 0 Å². The first-order valence-corrected chi connectivity index (χ1v) is 6.86. The highest BCUT2D eigenvalue weighted by atomic mass is 14.9. The second-order valence-corrected chi connectivity index (χ2v) is 4.37. The monoisotopic (exact) mass is 282 g/mol. The van der Waals surface area contributed by atoms with Crippen LogP contribution in [-0.2, 0) is 0 Å². The number of aromatic nitrogens is 2. The molecule has 0 aliphatic rings. The summed E-state index contributed by atoms with van der Waals surface area (Å²) in [5.41, 5.74) is 3.73. The van der Waals surface area contributed by atoms with Crippen LogP contribution in [0, 0.1) is 0 Å². The molecule has 21 heavy (non-hydrogen) atoms. The first-order chi connectivity index (χ1) is 10.2. The Kier molecular flexibility index (Phi) is 7.43. The fraction of sp³-hybridized carbons (Fsp3) is 0.235. The number of aliphatic imine (C=N–C) groups is 1. The van der Waals surface area contributed by atoms with E-state index in [-0.39, 0.29) is 0 Å². The minimum Gasteiger partial charge on any atom is -0.380 e. The molecule has 0 fully saturated rings. The third-order valence-corrected chi connectivity index (χ3v) is 2.61. The van der Waals surface area contributed by atoms with Crippen LogP contribution in [0.1, 0.15) is 32.2 Å². The topological polar surface area (TPSA) is 50.2 Å². The normalized spacial score (nSPS) is 13.1. The molecule has 0 aliphatic heterocycles. The molecular formula is C17H22N4. The Morgan fingerprint density at radius 3 is 2.62 bits per heavy atom. The molecule has 0 aromatic carbocycles. The van der Waals surface area contributed by atoms with E-state index in [2.05, 4.69) is 26.9 Å². The number of nitrogens with zero attached hydrogens (tertiary/aromatic N) is 3. The van der Waals surface area contributed by atoms with Gasteiger partial charge in [-0.2, -0.15) is 0 Å². The van der Waals surface area contributed by atoms with Crippen molar-refractivity contribution in [2.45, 2.75) is 20.8 Å². The molecule has 0 amide bonds. The molecule has 0 spiro atoms. The summed E-state index contributed by atoms with van der Waals surface area (Å²) >= 11 is 0. The number of hydrogen-bond donors (Lipinski definition) is 1. The molecule has 0 atom stereocenters. The van der Waals surface area contributed by atoms with Crippen LogP contribution in [0.2, 0.25) is 0 Å². The maximum Gasteiger partial charge on any atom is 0.0886 e. The van der Waals surface area contributed by atoms with Gasteiger partial charge in [0.2, 0.25) is 0 Å². The van der Waals surface area contributed by atoms with Crippen LogP contribution < -0.4 is 5.32 Å². The van der Waals surface area contributed by atoms with E-state index >= 15 is 0 Å². The summed E-state index contributed by atoms with van der Waals surface area (Å²) in [6.45, 7) is 10.4. The van der Waals surface area contributed by atoms with Crippen molar-refractivity contribution in [2.75, 3.05) is 6.54 Å². The van der Waals surface area contributed by atoms with Gasteiger partial charge in [0.1, 0.15) is 0 Å². The molecule has 1 aromatic heterocycles. The van der Waals surface area contributed by atoms with Crippen LogP contribution in [-0.4, -0.2) is 22.7 Å². The van der Waals surface area contributed by atoms with Crippen LogP contribution in [0.15, 0.2) is 53.6 Å². The Hall–Kier alpha value is -2.49. The van der Waals surface area contributed by atoms with E-state index in [1.165, 1.54) is 0 Å². The van der Waals surface area contributed by atoms with Gasteiger partial charge >= 0.3 is 0 Å². The Balaban J connectivity index is 2.78. The summed E-state index contributed by atoms with van der Waals surface area (Å²) in [4.78, 5) is 12.7. The zero-order valence-corrected chi connectivity index (χ0v) is 12.9. The molecule has 0 radical (unpaired) electrons. The SMILES string of the molecule is C=Cc1nccnc1/C=C(\C)CNC(/C=C\C)=C/N=CC. The molecule has 1 heterocycles. The highest BCUT2D eigenvalue weighted by Gasteiger charge is 1.99. The van der Waals surface area contributed by atoms with Crippen molar-refractivity contribution in [2.24, 2.45) is 4.99 Å². The van der Waals surface area contributed by atoms with Crippen molar-refractivity contribution in [1.29, 1.82) is 0 Å². The second-order valence-electron chi connectivity index (χ2n) is 4.37. The average molecular weight is 282 g/mol. The van der Waals surface area contributed by atoms with Crippen LogP contribution in [0.25, 0.3) is 12.2 Å². The summed E-state index contributed by atoms with van der Waals surface area (Å²) in [6, 6.07) is 0. The lowest BCUT2D eigenvalue weighted by molar-refractivity contribution is 0.894. The average Bonchev–Trinajstić information content (AvgIpc) is 2.50. The van der Waals surface area contributed by atoms with E-state index in [1.54, 1.807) is 30.9 Å². The van der Waals surface area contributed by atoms with Crippen LogP contribution in [0.4, 0.5) is 0 Å². The smallest absolute Gasteiger partial charge is 0.0886 e. The van der Waals surface area contributed by atoms with Gasteiger partial charge in [-0.3, -0.25) is 15.0 Å². The molecule has 1 rings (SSSR count). The lowest BCUT2D eigenvalue weighted by Gasteiger charge is -2.07. The number of allylic oxidation sites excluding steroid dienone is 2. The predicted octanol–water partition coefficient (Wildman–Crippen LogP) is 3.62. The van der Waals surface area contributed by atoms with E-state index in [0.717, 1.165) is 22.7 Å². The van der Waals surface area contributed by atoms with Crippen LogP contribution in [0.3, 0.4) is 0 Å². The van der Waals surface area contributed by atoms with Crippen molar-refractivity contribution in [3.05, 3.63) is 60.0 Å². The number of hydrogen-bond acceptors (Lipinski definition) is 4. The zero-order valence-electron chi connectivity index (χ0n) is 12.9. The first-order valence-electron chi connectivity index (χ1n) is 6.86. The van der Waals surface area contributed by atoms with Crippen molar-refractivity contribution in [1.82, 2.24) is 15.3 Å². The predicted molar refractivity (Wildman–Crippen MR) is 90.8 cm³/mol. The van der Waals surface area contributed by atoms with Gasteiger partial charge in [-0.15, -0.1) is 0 Å². The van der Waals surface area contributed by atoms with E-state index in [0.29, 0.717) is 6.54 Å². The fourth-order valence-electron chi connectivity index (χ4n) is 1.64. The maximum absolute atomic E-state index is 4.31. The molecule has 1 N–H and O–H groups in total. The number of nitrogens with one attached hydrogen (secondary N) is 1. The molecule has 1 aromatic rings. The van der Waals surface area contributed by atoms with Gasteiger partial charge in [-0.1, -0.05) is 18.2 Å². The largest absolute Gasteiger partial charge is 0.380 e. The van der Waals surface area contributed by atoms with E-state index in [4.69, 9.17) is 0 Å². The van der Waals surface area contributed by atoms with E-state index in [9.17, 15) is 0 Å². The summed E-state index contributed by atoms with van der Waals surface area (Å²) in [6.07, 6.45) is 14.6. The minimum absolute atomic E-state index is 0.711. The molecular weight excluding hydrogens is 260 g/mol. The van der Waals surface area contributed by atoms with E-state index < -0.39 is 0 Å². The fourth-order valence-corrected chi connectivity index (χ4v) is 1.64. The van der Waals surface area contributed by atoms with Crippen molar-refractivity contribution in [3.8, 4) is 0 Å². The van der Waals surface area contributed by atoms with Gasteiger partial charge in [-0.25, -0.2) is 0 Å². The summed E-state index contributed by atoms with van der Waals surface area (Å²) in [5, 5.41) is 3.33. The Labute approximate surface area is 126 Å². The first kappa shape index (κ1) is 16.6. The van der Waals surface area contributed by atoms with Crippen LogP contribution in [0.5, 0.6) is 0 Å². The molecule has 0 saturated heterocycles. The lowest BCUT2D eigenvalue weighted by atomic mass is 10.2. The third-order valence-electron chi connectivity index (χ3n) is 2.61. The molecule has 0 unspecified atom stereocenters. The van der Waals surface area contributed by atoms with Gasteiger partial charge in [0, 0.05) is 31.4 Å². The molecule has 4 nitrogen and oxygen atoms in total. The minimum atomic E-state index is 0.711. The Bertz CT molecular complexity index is 580. The summed E-state index contributed by atoms with van der Waals surface area (Å²) in [7, 11) is 0. The van der Waals surface area contributed by atoms with Gasteiger partial charge in [0.15, 0.2) is 0 Å². The molecule has 0 aliphatic carbocycles. The molecule has 0 bridgehead atoms. The van der Waals surface area contributed by atoms with Gasteiger partial charge in [-0.05, 0) is 39.0 Å². The quantitative estimate of drug-likeness (QED) is 0.614. The zero-order chi connectivity index (χ0) is 15.5. The number of rotatable bonds is 7. The maximum atomic E-state index is 4.31. The van der Waals surface area contributed by atoms with Gasteiger partial charge in [0.05, 0.1) is 17.1 Å². The standard InChI is InChI=1S/C17H22N4/c1-5-8-15(13-18-7-3)21-12-14(4)11-17-16(6-2)19-9-10-20-17/h5-11,13,21H,2,12H2,1,3-4H3/b8-5-,14-11+,15-13+,18-7?. The summed E-state index contributed by atoms with van der Waals surface area (Å²) in [5.74, 6) is 0. The van der Waals surface area contributed by atoms with Crippen LogP contribution >= 0.6 is 0 Å². The van der Waals surface area contributed by atoms with Gasteiger partial charge < -0.3 is 5.32 Å². The summed E-state index contributed by atoms with van der Waals surface area (Å²) < 4.78 is 0. The lowest BCUT2D eigenvalue weighted by Crippen LogP contribution is -2.14. The van der Waals surface area contributed by atoms with Gasteiger partial charge in [0.25, 0.3) is 0 Å². The van der Waals surface area contributed by atoms with E-state index in [1.807, 2.05) is 39.0 Å². The Morgan fingerprint density at radius 2 is 2.00 bits per heavy atom. The van der Waals surface area contributed by atoms with Crippen molar-refractivity contribution < 1.29 is 0 Å². The highest BCUT2D eigenvalue weighted by molar-refractivity contribution is 5.59. The molecule has 0 saturated carbocycles. The molecule has 110 valence electrons. The van der Waals surface area contributed by atoms with Crippen molar-refractivity contribution >= 4 is 18.4 Å². The second kappa shape index (κ2) is 9.42. The highest BCUT2D eigenvalue weighted by Crippen LogP contribution is 2.08. The Morgan fingerprint density at radius 1 is 1.29 bits per heavy atom. The molecule has 4 heteroatoms.